The summed E-state index contributed by atoms with van der Waals surface area (Å²) in [4.78, 5) is 12.7. The summed E-state index contributed by atoms with van der Waals surface area (Å²) in [6.07, 6.45) is 6.08. The van der Waals surface area contributed by atoms with E-state index in [-0.39, 0.29) is 6.03 Å². The summed E-state index contributed by atoms with van der Waals surface area (Å²) in [5.74, 6) is 0. The maximum atomic E-state index is 12.3. The Labute approximate surface area is 131 Å². The minimum atomic E-state index is -0.542. The van der Waals surface area contributed by atoms with Crippen LogP contribution in [0.4, 0.5) is 10.5 Å². The van der Waals surface area contributed by atoms with Crippen LogP contribution in [-0.4, -0.2) is 16.6 Å². The van der Waals surface area contributed by atoms with Gasteiger partial charge in [-0.1, -0.05) is 50.0 Å². The predicted molar refractivity (Wildman–Crippen MR) is 90.6 cm³/mol. The number of hydrogen-bond donors (Lipinski definition) is 3. The molecule has 0 bridgehead atoms. The van der Waals surface area contributed by atoms with Crippen molar-refractivity contribution in [2.24, 2.45) is 5.73 Å². The van der Waals surface area contributed by atoms with Crippen molar-refractivity contribution in [3.05, 3.63) is 29.8 Å². The van der Waals surface area contributed by atoms with E-state index in [1.165, 1.54) is 12.8 Å². The lowest BCUT2D eigenvalue weighted by atomic mass is 9.90. The Bertz CT molecular complexity index is 522. The fraction of sp³-hybridized carbons (Fsp3) is 0.500. The van der Waals surface area contributed by atoms with E-state index >= 15 is 0 Å². The molecule has 0 saturated heterocycles. The van der Waals surface area contributed by atoms with Gasteiger partial charge in [-0.05, 0) is 37.5 Å². The lowest BCUT2D eigenvalue weighted by molar-refractivity contribution is 0.242. The number of anilines is 1. The van der Waals surface area contributed by atoms with E-state index in [9.17, 15) is 4.79 Å². The van der Waals surface area contributed by atoms with Crippen molar-refractivity contribution >= 4 is 28.9 Å². The number of nitrogens with one attached hydrogen (secondary N) is 2. The molecule has 1 aliphatic carbocycles. The highest BCUT2D eigenvalue weighted by Crippen LogP contribution is 2.27. The SMILES string of the molecule is Cc1cccc(NC(=O)NC2(C(N)=S)CCCCCC2)c1. The van der Waals surface area contributed by atoms with Gasteiger partial charge in [0.1, 0.15) is 0 Å². The number of nitrogens with two attached hydrogens (primary N) is 1. The summed E-state index contributed by atoms with van der Waals surface area (Å²) in [5, 5.41) is 5.89. The van der Waals surface area contributed by atoms with Crippen LogP contribution in [0.5, 0.6) is 0 Å². The second-order valence-electron chi connectivity index (χ2n) is 5.81. The smallest absolute Gasteiger partial charge is 0.320 e. The molecular weight excluding hydrogens is 282 g/mol. The van der Waals surface area contributed by atoms with E-state index in [4.69, 9.17) is 18.0 Å². The molecule has 0 aromatic heterocycles. The summed E-state index contributed by atoms with van der Waals surface area (Å²) < 4.78 is 0. The molecular formula is C16H23N3OS. The van der Waals surface area contributed by atoms with Gasteiger partial charge in [-0.25, -0.2) is 4.79 Å². The van der Waals surface area contributed by atoms with Gasteiger partial charge >= 0.3 is 6.03 Å². The zero-order valence-electron chi connectivity index (χ0n) is 12.4. The number of thiocarbonyl (C=S) groups is 1. The van der Waals surface area contributed by atoms with Crippen LogP contribution in [0.15, 0.2) is 24.3 Å². The standard InChI is InChI=1S/C16H23N3OS/c1-12-7-6-8-13(11-12)18-15(20)19-16(14(17)21)9-4-2-3-5-10-16/h6-8,11H,2-5,9-10H2,1H3,(H2,17,21)(H2,18,19,20). The molecule has 1 fully saturated rings. The molecule has 0 atom stereocenters. The number of urea groups is 1. The summed E-state index contributed by atoms with van der Waals surface area (Å²) in [6.45, 7) is 1.99. The average molecular weight is 305 g/mol. The molecule has 1 aromatic rings. The highest BCUT2D eigenvalue weighted by Gasteiger charge is 2.35. The number of hydrogen-bond acceptors (Lipinski definition) is 2. The molecule has 114 valence electrons. The van der Waals surface area contributed by atoms with Crippen LogP contribution in [-0.2, 0) is 0 Å². The van der Waals surface area contributed by atoms with Gasteiger partial charge in [-0.3, -0.25) is 0 Å². The van der Waals surface area contributed by atoms with Crippen molar-refractivity contribution in [3.8, 4) is 0 Å². The highest BCUT2D eigenvalue weighted by molar-refractivity contribution is 7.80. The van der Waals surface area contributed by atoms with Gasteiger partial charge in [0.15, 0.2) is 0 Å². The number of aryl methyl sites for hydroxylation is 1. The molecule has 1 saturated carbocycles. The maximum absolute atomic E-state index is 12.3. The van der Waals surface area contributed by atoms with Gasteiger partial charge < -0.3 is 16.4 Å². The zero-order chi connectivity index (χ0) is 15.3. The quantitative estimate of drug-likeness (QED) is 0.591. The summed E-state index contributed by atoms with van der Waals surface area (Å²) in [6, 6.07) is 7.47. The van der Waals surface area contributed by atoms with Crippen molar-refractivity contribution < 1.29 is 4.79 Å². The molecule has 4 nitrogen and oxygen atoms in total. The largest absolute Gasteiger partial charge is 0.391 e. The molecule has 2 amide bonds. The van der Waals surface area contributed by atoms with Crippen molar-refractivity contribution in [2.75, 3.05) is 5.32 Å². The van der Waals surface area contributed by atoms with E-state index in [0.717, 1.165) is 36.9 Å². The fourth-order valence-corrected chi connectivity index (χ4v) is 3.12. The molecule has 2 rings (SSSR count). The predicted octanol–water partition coefficient (Wildman–Crippen LogP) is 3.50. The topological polar surface area (TPSA) is 67.2 Å². The minimum absolute atomic E-state index is 0.240. The molecule has 0 spiro atoms. The van der Waals surface area contributed by atoms with Crippen molar-refractivity contribution in [2.45, 2.75) is 51.0 Å². The Morgan fingerprint density at radius 1 is 1.24 bits per heavy atom. The van der Waals surface area contributed by atoms with Crippen LogP contribution in [0, 0.1) is 6.92 Å². The van der Waals surface area contributed by atoms with Crippen LogP contribution < -0.4 is 16.4 Å². The molecule has 0 radical (unpaired) electrons. The first-order valence-electron chi connectivity index (χ1n) is 7.48. The number of carbonyl (C=O) groups excluding carboxylic acids is 1. The first-order valence-corrected chi connectivity index (χ1v) is 7.88. The molecule has 0 unspecified atom stereocenters. The molecule has 5 heteroatoms. The monoisotopic (exact) mass is 305 g/mol. The second kappa shape index (κ2) is 6.89. The van der Waals surface area contributed by atoms with E-state index in [1.807, 2.05) is 31.2 Å². The van der Waals surface area contributed by atoms with Crippen molar-refractivity contribution in [1.29, 1.82) is 0 Å². The van der Waals surface area contributed by atoms with Crippen LogP contribution in [0.25, 0.3) is 0 Å². The van der Waals surface area contributed by atoms with Gasteiger partial charge in [-0.2, -0.15) is 0 Å². The Hall–Kier alpha value is -1.62. The first-order chi connectivity index (χ1) is 10.0. The van der Waals surface area contributed by atoms with Gasteiger partial charge in [0.2, 0.25) is 0 Å². The Kier molecular flexibility index (Phi) is 5.17. The Balaban J connectivity index is 2.06. The Morgan fingerprint density at radius 2 is 1.90 bits per heavy atom. The summed E-state index contributed by atoms with van der Waals surface area (Å²) in [5.41, 5.74) is 7.26. The van der Waals surface area contributed by atoms with Gasteiger partial charge in [0.25, 0.3) is 0 Å². The fourth-order valence-electron chi connectivity index (χ4n) is 2.87. The molecule has 1 aliphatic rings. The van der Waals surface area contributed by atoms with E-state index in [0.29, 0.717) is 4.99 Å². The van der Waals surface area contributed by atoms with Gasteiger partial charge in [-0.15, -0.1) is 0 Å². The average Bonchev–Trinajstić information content (AvgIpc) is 2.65. The summed E-state index contributed by atoms with van der Waals surface area (Å²) >= 11 is 5.23. The number of amides is 2. The third-order valence-corrected chi connectivity index (χ3v) is 4.45. The third-order valence-electron chi connectivity index (χ3n) is 4.06. The lowest BCUT2D eigenvalue weighted by Crippen LogP contribution is -2.57. The molecule has 4 N–H and O–H groups in total. The summed E-state index contributed by atoms with van der Waals surface area (Å²) in [7, 11) is 0. The van der Waals surface area contributed by atoms with Crippen LogP contribution in [0.1, 0.15) is 44.1 Å². The van der Waals surface area contributed by atoms with Crippen LogP contribution >= 0.6 is 12.2 Å². The maximum Gasteiger partial charge on any atom is 0.320 e. The second-order valence-corrected chi connectivity index (χ2v) is 6.25. The number of benzene rings is 1. The van der Waals surface area contributed by atoms with Crippen molar-refractivity contribution in [3.63, 3.8) is 0 Å². The number of rotatable bonds is 3. The zero-order valence-corrected chi connectivity index (χ0v) is 13.3. The minimum Gasteiger partial charge on any atom is -0.391 e. The molecule has 21 heavy (non-hydrogen) atoms. The molecule has 1 aromatic carbocycles. The highest BCUT2D eigenvalue weighted by atomic mass is 32.1. The normalized spacial score (nSPS) is 17.6. The number of carbonyl (C=O) groups is 1. The van der Waals surface area contributed by atoms with Gasteiger partial charge in [0, 0.05) is 5.69 Å². The molecule has 0 aliphatic heterocycles. The van der Waals surface area contributed by atoms with E-state index in [1.54, 1.807) is 0 Å². The van der Waals surface area contributed by atoms with Crippen LogP contribution in [0.3, 0.4) is 0 Å². The Morgan fingerprint density at radius 3 is 2.48 bits per heavy atom. The lowest BCUT2D eigenvalue weighted by Gasteiger charge is -2.32. The van der Waals surface area contributed by atoms with Crippen molar-refractivity contribution in [1.82, 2.24) is 5.32 Å². The molecule has 0 heterocycles. The van der Waals surface area contributed by atoms with Gasteiger partial charge in [0.05, 0.1) is 10.5 Å². The first kappa shape index (κ1) is 15.8. The van der Waals surface area contributed by atoms with E-state index < -0.39 is 5.54 Å². The third kappa shape index (κ3) is 4.17. The van der Waals surface area contributed by atoms with E-state index in [2.05, 4.69) is 10.6 Å². The van der Waals surface area contributed by atoms with Crippen LogP contribution in [0.2, 0.25) is 0 Å².